The van der Waals surface area contributed by atoms with Crippen molar-refractivity contribution >= 4 is 28.6 Å². The normalized spacial score (nSPS) is 11.1. The van der Waals surface area contributed by atoms with Crippen LogP contribution in [0.3, 0.4) is 0 Å². The number of amides is 1. The fraction of sp³-hybridized carbons (Fsp3) is 0.0870. The first-order valence-electron chi connectivity index (χ1n) is 9.54. The molecular weight excluding hydrogens is 378 g/mol. The minimum Gasteiger partial charge on any atom is -0.376 e. The fourth-order valence-electron chi connectivity index (χ4n) is 3.23. The summed E-state index contributed by atoms with van der Waals surface area (Å²) in [6.45, 7) is 1.85. The van der Waals surface area contributed by atoms with Gasteiger partial charge in [0, 0.05) is 16.8 Å². The van der Waals surface area contributed by atoms with E-state index in [-0.39, 0.29) is 18.0 Å². The highest BCUT2D eigenvalue weighted by Gasteiger charge is 2.10. The van der Waals surface area contributed by atoms with Crippen LogP contribution in [0, 0.1) is 6.92 Å². The standard InChI is InChI=1S/C23H21N5O2/c1-16-20(23(30)28(27-16)18-10-3-2-4-11-18)14-25-26-22(29)15-24-21-13-7-9-17-8-5-6-12-19(17)21/h2-14,24,27H,15H2,1H3,(H,26,29). The SMILES string of the molecule is Cc1[nH]n(-c2ccccc2)c(=O)c1C=NNC(=O)CNc1cccc2ccccc12. The number of nitrogens with zero attached hydrogens (tertiary/aromatic N) is 2. The molecule has 0 saturated carbocycles. The Hall–Kier alpha value is -4.13. The molecule has 4 aromatic rings. The van der Waals surface area contributed by atoms with Crippen LogP contribution in [-0.4, -0.2) is 28.4 Å². The van der Waals surface area contributed by atoms with E-state index >= 15 is 0 Å². The maximum Gasteiger partial charge on any atom is 0.280 e. The second kappa shape index (κ2) is 8.48. The van der Waals surface area contributed by atoms with Crippen LogP contribution in [0.1, 0.15) is 11.3 Å². The third kappa shape index (κ3) is 4.00. The second-order valence-corrected chi connectivity index (χ2v) is 6.80. The topological polar surface area (TPSA) is 91.3 Å². The average molecular weight is 399 g/mol. The van der Waals surface area contributed by atoms with Gasteiger partial charge < -0.3 is 5.32 Å². The Labute approximate surface area is 173 Å². The third-order valence-electron chi connectivity index (χ3n) is 4.74. The van der Waals surface area contributed by atoms with Gasteiger partial charge in [0.05, 0.1) is 24.0 Å². The number of nitrogens with one attached hydrogen (secondary N) is 3. The number of fused-ring (bicyclic) bond motifs is 1. The number of aromatic amines is 1. The van der Waals surface area contributed by atoms with Crippen LogP contribution in [0.5, 0.6) is 0 Å². The summed E-state index contributed by atoms with van der Waals surface area (Å²) in [6, 6.07) is 23.1. The highest BCUT2D eigenvalue weighted by atomic mass is 16.2. The van der Waals surface area contributed by atoms with Crippen LogP contribution in [0.2, 0.25) is 0 Å². The number of aryl methyl sites for hydroxylation is 1. The number of hydrazone groups is 1. The van der Waals surface area contributed by atoms with E-state index in [1.165, 1.54) is 10.9 Å². The first-order chi connectivity index (χ1) is 14.6. The Balaban J connectivity index is 1.41. The Morgan fingerprint density at radius 2 is 1.77 bits per heavy atom. The summed E-state index contributed by atoms with van der Waals surface area (Å²) in [4.78, 5) is 24.8. The molecule has 4 rings (SSSR count). The Morgan fingerprint density at radius 1 is 1.03 bits per heavy atom. The summed E-state index contributed by atoms with van der Waals surface area (Å²) in [5, 5.41) is 12.2. The summed E-state index contributed by atoms with van der Waals surface area (Å²) >= 11 is 0. The molecule has 0 aliphatic carbocycles. The first-order valence-corrected chi connectivity index (χ1v) is 9.54. The zero-order chi connectivity index (χ0) is 20.9. The fourth-order valence-corrected chi connectivity index (χ4v) is 3.23. The first kappa shape index (κ1) is 19.2. The molecule has 1 heterocycles. The van der Waals surface area contributed by atoms with Crippen LogP contribution < -0.4 is 16.3 Å². The van der Waals surface area contributed by atoms with Gasteiger partial charge in [-0.2, -0.15) is 5.10 Å². The lowest BCUT2D eigenvalue weighted by Gasteiger charge is -2.08. The van der Waals surface area contributed by atoms with E-state index in [4.69, 9.17) is 0 Å². The van der Waals surface area contributed by atoms with Gasteiger partial charge in [-0.25, -0.2) is 10.1 Å². The number of hydrogen-bond donors (Lipinski definition) is 3. The van der Waals surface area contributed by atoms with Gasteiger partial charge in [-0.05, 0) is 30.5 Å². The number of para-hydroxylation sites is 1. The molecule has 7 nitrogen and oxygen atoms in total. The van der Waals surface area contributed by atoms with Crippen molar-refractivity contribution in [1.29, 1.82) is 0 Å². The van der Waals surface area contributed by atoms with Crippen molar-refractivity contribution in [2.75, 3.05) is 11.9 Å². The zero-order valence-electron chi connectivity index (χ0n) is 16.4. The van der Waals surface area contributed by atoms with Crippen molar-refractivity contribution in [3.63, 3.8) is 0 Å². The van der Waals surface area contributed by atoms with Crippen molar-refractivity contribution in [3.05, 3.63) is 94.4 Å². The minimum absolute atomic E-state index is 0.0612. The highest BCUT2D eigenvalue weighted by molar-refractivity contribution is 5.95. The van der Waals surface area contributed by atoms with E-state index in [0.29, 0.717) is 11.3 Å². The molecule has 3 N–H and O–H groups in total. The molecule has 1 aromatic heterocycles. The van der Waals surface area contributed by atoms with Crippen molar-refractivity contribution < 1.29 is 4.79 Å². The van der Waals surface area contributed by atoms with Crippen LogP contribution in [0.15, 0.2) is 82.7 Å². The Bertz CT molecular complexity index is 1270. The van der Waals surface area contributed by atoms with E-state index in [2.05, 4.69) is 20.9 Å². The van der Waals surface area contributed by atoms with Gasteiger partial charge in [0.1, 0.15) is 0 Å². The van der Waals surface area contributed by atoms with Gasteiger partial charge in [0.2, 0.25) is 0 Å². The number of H-pyrrole nitrogens is 1. The Kier molecular flexibility index (Phi) is 5.43. The van der Waals surface area contributed by atoms with Crippen molar-refractivity contribution in [2.24, 2.45) is 5.10 Å². The molecule has 1 amide bonds. The lowest BCUT2D eigenvalue weighted by atomic mass is 10.1. The molecule has 0 bridgehead atoms. The number of aromatic nitrogens is 2. The number of hydrogen-bond acceptors (Lipinski definition) is 4. The second-order valence-electron chi connectivity index (χ2n) is 6.80. The summed E-state index contributed by atoms with van der Waals surface area (Å²) in [7, 11) is 0. The molecule has 3 aromatic carbocycles. The smallest absolute Gasteiger partial charge is 0.280 e. The van der Waals surface area contributed by atoms with E-state index in [1.807, 2.05) is 72.8 Å². The van der Waals surface area contributed by atoms with E-state index < -0.39 is 0 Å². The molecule has 0 spiro atoms. The quantitative estimate of drug-likeness (QED) is 0.343. The monoisotopic (exact) mass is 399 g/mol. The summed E-state index contributed by atoms with van der Waals surface area (Å²) in [6.07, 6.45) is 1.36. The largest absolute Gasteiger partial charge is 0.376 e. The van der Waals surface area contributed by atoms with E-state index in [0.717, 1.165) is 22.1 Å². The molecule has 0 radical (unpaired) electrons. The van der Waals surface area contributed by atoms with Crippen LogP contribution in [0.25, 0.3) is 16.5 Å². The lowest BCUT2D eigenvalue weighted by molar-refractivity contribution is -0.119. The average Bonchev–Trinajstić information content (AvgIpc) is 3.06. The molecule has 0 fully saturated rings. The molecule has 0 saturated heterocycles. The van der Waals surface area contributed by atoms with Gasteiger partial charge in [-0.3, -0.25) is 14.7 Å². The summed E-state index contributed by atoms with van der Waals surface area (Å²) in [5.74, 6) is -0.309. The minimum atomic E-state index is -0.309. The van der Waals surface area contributed by atoms with Crippen LogP contribution in [-0.2, 0) is 4.79 Å². The number of anilines is 1. The lowest BCUT2D eigenvalue weighted by Crippen LogP contribution is -2.26. The van der Waals surface area contributed by atoms with E-state index in [1.54, 1.807) is 6.92 Å². The molecule has 0 unspecified atom stereocenters. The molecule has 0 aliphatic heterocycles. The molecule has 0 aliphatic rings. The molecular formula is C23H21N5O2. The van der Waals surface area contributed by atoms with Crippen LogP contribution >= 0.6 is 0 Å². The number of benzene rings is 3. The summed E-state index contributed by atoms with van der Waals surface area (Å²) in [5.41, 5.74) is 4.89. The van der Waals surface area contributed by atoms with E-state index in [9.17, 15) is 9.59 Å². The zero-order valence-corrected chi connectivity index (χ0v) is 16.4. The van der Waals surface area contributed by atoms with Gasteiger partial charge >= 0.3 is 0 Å². The van der Waals surface area contributed by atoms with Crippen molar-refractivity contribution in [1.82, 2.24) is 15.2 Å². The number of carbonyl (C=O) groups is 1. The van der Waals surface area contributed by atoms with Gasteiger partial charge in [0.25, 0.3) is 11.5 Å². The van der Waals surface area contributed by atoms with Crippen LogP contribution in [0.4, 0.5) is 5.69 Å². The predicted octanol–water partition coefficient (Wildman–Crippen LogP) is 3.19. The predicted molar refractivity (Wildman–Crippen MR) is 119 cm³/mol. The molecule has 7 heteroatoms. The van der Waals surface area contributed by atoms with Crippen molar-refractivity contribution in [3.8, 4) is 5.69 Å². The maximum absolute atomic E-state index is 12.6. The number of rotatable bonds is 6. The molecule has 0 atom stereocenters. The number of carbonyl (C=O) groups excluding carboxylic acids is 1. The maximum atomic E-state index is 12.6. The molecule has 150 valence electrons. The van der Waals surface area contributed by atoms with Gasteiger partial charge in [0.15, 0.2) is 0 Å². The Morgan fingerprint density at radius 3 is 2.60 bits per heavy atom. The highest BCUT2D eigenvalue weighted by Crippen LogP contribution is 2.22. The van der Waals surface area contributed by atoms with Gasteiger partial charge in [-0.15, -0.1) is 0 Å². The third-order valence-corrected chi connectivity index (χ3v) is 4.74. The summed E-state index contributed by atoms with van der Waals surface area (Å²) < 4.78 is 1.45. The van der Waals surface area contributed by atoms with Crippen molar-refractivity contribution in [2.45, 2.75) is 6.92 Å². The molecule has 30 heavy (non-hydrogen) atoms. The van der Waals surface area contributed by atoms with Gasteiger partial charge in [-0.1, -0.05) is 54.6 Å².